The van der Waals surface area contributed by atoms with Crippen molar-refractivity contribution in [2.75, 3.05) is 17.3 Å². The maximum atomic E-state index is 6.10. The van der Waals surface area contributed by atoms with Gasteiger partial charge < -0.3 is 10.2 Å². The number of aryl methyl sites for hydroxylation is 1. The number of rotatable bonds is 2. The van der Waals surface area contributed by atoms with Gasteiger partial charge in [0, 0.05) is 23.4 Å². The van der Waals surface area contributed by atoms with Gasteiger partial charge in [0.2, 0.25) is 0 Å². The summed E-state index contributed by atoms with van der Waals surface area (Å²) in [6, 6.07) is 15.8. The number of nitrogens with zero attached hydrogens (tertiary/aromatic N) is 1. The van der Waals surface area contributed by atoms with E-state index in [2.05, 4.69) is 5.32 Å². The first kappa shape index (κ1) is 13.8. The number of thiocarbonyl (C=S) groups is 1. The Labute approximate surface area is 124 Å². The van der Waals surface area contributed by atoms with Crippen molar-refractivity contribution in [1.82, 2.24) is 0 Å². The van der Waals surface area contributed by atoms with Gasteiger partial charge in [0.15, 0.2) is 5.11 Å². The second kappa shape index (κ2) is 6.04. The molecule has 0 heterocycles. The minimum absolute atomic E-state index is 0.631. The summed E-state index contributed by atoms with van der Waals surface area (Å²) in [4.78, 5) is 1.92. The molecular weight excluding hydrogens is 276 g/mol. The van der Waals surface area contributed by atoms with E-state index in [4.69, 9.17) is 23.8 Å². The Kier molecular flexibility index (Phi) is 4.40. The average molecular weight is 291 g/mol. The van der Waals surface area contributed by atoms with Crippen LogP contribution in [-0.4, -0.2) is 12.2 Å². The Hall–Kier alpha value is -1.58. The predicted molar refractivity (Wildman–Crippen MR) is 87.3 cm³/mol. The van der Waals surface area contributed by atoms with E-state index >= 15 is 0 Å². The zero-order chi connectivity index (χ0) is 13.8. The molecule has 0 aliphatic heterocycles. The van der Waals surface area contributed by atoms with Crippen LogP contribution in [0.3, 0.4) is 0 Å². The summed E-state index contributed by atoms with van der Waals surface area (Å²) in [5.74, 6) is 0. The quantitative estimate of drug-likeness (QED) is 0.821. The lowest BCUT2D eigenvalue weighted by Crippen LogP contribution is -2.30. The molecule has 0 saturated heterocycles. The maximum Gasteiger partial charge on any atom is 0.177 e. The highest BCUT2D eigenvalue weighted by Gasteiger charge is 2.07. The van der Waals surface area contributed by atoms with Crippen molar-refractivity contribution in [2.24, 2.45) is 0 Å². The Balaban J connectivity index is 2.10. The lowest BCUT2D eigenvalue weighted by atomic mass is 10.2. The molecule has 0 radical (unpaired) electrons. The molecule has 0 aliphatic rings. The van der Waals surface area contributed by atoms with Crippen LogP contribution in [-0.2, 0) is 0 Å². The van der Waals surface area contributed by atoms with E-state index in [1.165, 1.54) is 0 Å². The molecule has 1 N–H and O–H groups in total. The molecule has 4 heteroatoms. The second-order valence-corrected chi connectivity index (χ2v) is 5.08. The lowest BCUT2D eigenvalue weighted by Gasteiger charge is -2.21. The average Bonchev–Trinajstić information content (AvgIpc) is 2.43. The SMILES string of the molecule is Cc1ccc(NC(=S)N(C)c2ccccc2)cc1Cl. The van der Waals surface area contributed by atoms with Crippen LogP contribution < -0.4 is 10.2 Å². The highest BCUT2D eigenvalue weighted by molar-refractivity contribution is 7.80. The van der Waals surface area contributed by atoms with Gasteiger partial charge in [-0.25, -0.2) is 0 Å². The van der Waals surface area contributed by atoms with Crippen LogP contribution in [0.1, 0.15) is 5.56 Å². The van der Waals surface area contributed by atoms with E-state index < -0.39 is 0 Å². The van der Waals surface area contributed by atoms with Gasteiger partial charge in [-0.05, 0) is 49.0 Å². The fourth-order valence-corrected chi connectivity index (χ4v) is 2.05. The number of nitrogens with one attached hydrogen (secondary N) is 1. The monoisotopic (exact) mass is 290 g/mol. The first-order chi connectivity index (χ1) is 9.08. The molecule has 0 aliphatic carbocycles. The van der Waals surface area contributed by atoms with E-state index in [1.807, 2.05) is 67.4 Å². The van der Waals surface area contributed by atoms with Crippen molar-refractivity contribution < 1.29 is 0 Å². The van der Waals surface area contributed by atoms with Crippen molar-refractivity contribution >= 4 is 40.3 Å². The topological polar surface area (TPSA) is 15.3 Å². The fourth-order valence-electron chi connectivity index (χ4n) is 1.65. The van der Waals surface area contributed by atoms with E-state index in [1.54, 1.807) is 0 Å². The molecule has 2 nitrogen and oxygen atoms in total. The van der Waals surface area contributed by atoms with Gasteiger partial charge in [-0.2, -0.15) is 0 Å². The van der Waals surface area contributed by atoms with Crippen LogP contribution >= 0.6 is 23.8 Å². The fraction of sp³-hybridized carbons (Fsp3) is 0.133. The summed E-state index contributed by atoms with van der Waals surface area (Å²) in [5, 5.41) is 4.54. The van der Waals surface area contributed by atoms with Crippen LogP contribution in [0.15, 0.2) is 48.5 Å². The van der Waals surface area contributed by atoms with Crippen molar-refractivity contribution in [3.63, 3.8) is 0 Å². The number of hydrogen-bond donors (Lipinski definition) is 1. The van der Waals surface area contributed by atoms with Crippen LogP contribution in [0.4, 0.5) is 11.4 Å². The number of halogens is 1. The summed E-state index contributed by atoms with van der Waals surface area (Å²) in [7, 11) is 1.93. The van der Waals surface area contributed by atoms with Crippen LogP contribution in [0.25, 0.3) is 0 Å². The van der Waals surface area contributed by atoms with Gasteiger partial charge in [-0.15, -0.1) is 0 Å². The highest BCUT2D eigenvalue weighted by atomic mass is 35.5. The normalized spacial score (nSPS) is 10.1. The van der Waals surface area contributed by atoms with Gasteiger partial charge >= 0.3 is 0 Å². The summed E-state index contributed by atoms with van der Waals surface area (Å²) < 4.78 is 0. The summed E-state index contributed by atoms with van der Waals surface area (Å²) >= 11 is 11.5. The van der Waals surface area contributed by atoms with E-state index in [0.29, 0.717) is 5.11 Å². The maximum absolute atomic E-state index is 6.10. The summed E-state index contributed by atoms with van der Waals surface area (Å²) in [6.45, 7) is 1.97. The zero-order valence-corrected chi connectivity index (χ0v) is 12.4. The first-order valence-electron chi connectivity index (χ1n) is 5.94. The van der Waals surface area contributed by atoms with Crippen LogP contribution in [0, 0.1) is 6.92 Å². The molecule has 0 amide bonds. The number of anilines is 2. The minimum Gasteiger partial charge on any atom is -0.332 e. The van der Waals surface area contributed by atoms with Crippen molar-refractivity contribution in [1.29, 1.82) is 0 Å². The molecule has 0 spiro atoms. The summed E-state index contributed by atoms with van der Waals surface area (Å²) in [5.41, 5.74) is 2.98. The Morgan fingerprint density at radius 3 is 2.47 bits per heavy atom. The van der Waals surface area contributed by atoms with Gasteiger partial charge in [0.1, 0.15) is 0 Å². The van der Waals surface area contributed by atoms with Gasteiger partial charge in [0.25, 0.3) is 0 Å². The van der Waals surface area contributed by atoms with Crippen molar-refractivity contribution in [3.05, 3.63) is 59.1 Å². The molecule has 2 rings (SSSR count). The zero-order valence-electron chi connectivity index (χ0n) is 10.9. The number of benzene rings is 2. The minimum atomic E-state index is 0.631. The molecule has 19 heavy (non-hydrogen) atoms. The molecule has 98 valence electrons. The second-order valence-electron chi connectivity index (χ2n) is 4.29. The van der Waals surface area contributed by atoms with Gasteiger partial charge in [-0.3, -0.25) is 0 Å². The molecule has 0 saturated carbocycles. The Morgan fingerprint density at radius 1 is 1.16 bits per heavy atom. The molecule has 2 aromatic rings. The largest absolute Gasteiger partial charge is 0.332 e. The number of para-hydroxylation sites is 1. The highest BCUT2D eigenvalue weighted by Crippen LogP contribution is 2.21. The molecule has 0 bridgehead atoms. The van der Waals surface area contributed by atoms with E-state index in [9.17, 15) is 0 Å². The van der Waals surface area contributed by atoms with Crippen LogP contribution in [0.5, 0.6) is 0 Å². The van der Waals surface area contributed by atoms with Crippen LogP contribution in [0.2, 0.25) is 5.02 Å². The van der Waals surface area contributed by atoms with Gasteiger partial charge in [-0.1, -0.05) is 35.9 Å². The smallest absolute Gasteiger partial charge is 0.177 e. The number of hydrogen-bond acceptors (Lipinski definition) is 1. The third-order valence-corrected chi connectivity index (χ3v) is 3.65. The summed E-state index contributed by atoms with van der Waals surface area (Å²) in [6.07, 6.45) is 0. The molecule has 0 unspecified atom stereocenters. The lowest BCUT2D eigenvalue weighted by molar-refractivity contribution is 1.28. The predicted octanol–water partition coefficient (Wildman–Crippen LogP) is 4.48. The molecule has 2 aromatic carbocycles. The van der Waals surface area contributed by atoms with Crippen molar-refractivity contribution in [2.45, 2.75) is 6.92 Å². The third kappa shape index (κ3) is 3.46. The Morgan fingerprint density at radius 2 is 1.84 bits per heavy atom. The first-order valence-corrected chi connectivity index (χ1v) is 6.72. The van der Waals surface area contributed by atoms with E-state index in [0.717, 1.165) is 22.0 Å². The Bertz CT molecular complexity index is 584. The molecule has 0 fully saturated rings. The molecule has 0 atom stereocenters. The molecule has 0 aromatic heterocycles. The third-order valence-electron chi connectivity index (χ3n) is 2.87. The van der Waals surface area contributed by atoms with Gasteiger partial charge in [0.05, 0.1) is 0 Å². The van der Waals surface area contributed by atoms with Crippen molar-refractivity contribution in [3.8, 4) is 0 Å². The van der Waals surface area contributed by atoms with E-state index in [-0.39, 0.29) is 0 Å². The standard InChI is InChI=1S/C15H15ClN2S/c1-11-8-9-12(10-14(11)16)17-15(19)18(2)13-6-4-3-5-7-13/h3-10H,1-2H3,(H,17,19). The molecular formula is C15H15ClN2S.